The van der Waals surface area contributed by atoms with Gasteiger partial charge in [0, 0.05) is 64.7 Å². The molecule has 2 amide bonds. The number of pyridine rings is 2. The van der Waals surface area contributed by atoms with Gasteiger partial charge in [0.2, 0.25) is 0 Å². The number of benzene rings is 2. The lowest BCUT2D eigenvalue weighted by molar-refractivity contribution is -0.138. The lowest BCUT2D eigenvalue weighted by Gasteiger charge is -2.33. The van der Waals surface area contributed by atoms with Crippen LogP contribution in [0.4, 0.5) is 13.2 Å². The van der Waals surface area contributed by atoms with E-state index in [1.54, 1.807) is 54.7 Å². The molecule has 8 nitrogen and oxygen atoms in total. The Bertz CT molecular complexity index is 2170. The molecule has 2 aromatic heterocycles. The van der Waals surface area contributed by atoms with E-state index in [1.807, 2.05) is 18.4 Å². The first-order chi connectivity index (χ1) is 26.6. The molecular weight excluding hydrogens is 784 g/mol. The standard InChI is InChI=1S/C21H18ClF3N2O2.C21H21ClN2O2S/c22-15-4-1-3-14(11-15)6-9-20(29)8-2-5-16(12-20)27-19(28)17-13-26-10-7-18(17)21(23,24)25;1-27-20-18(8-4-12-23-20)19(25)24-17-7-3-10-21(26,14-17)11-9-15-5-2-6-16(22)13-15/h1,3-4,7,10-11,13,16,29H,2,5,8,12H2,(H,27,28);2,4-6,8,12-13,17,26H,3,7,10,14H2,1H3,(H,24,25)/t16-,20+;17-,21+/m00/s1. The van der Waals surface area contributed by atoms with Gasteiger partial charge in [0.05, 0.1) is 16.7 Å². The molecule has 292 valence electrons. The molecule has 0 unspecified atom stereocenters. The monoisotopic (exact) mass is 822 g/mol. The second kappa shape index (κ2) is 19.1. The van der Waals surface area contributed by atoms with Crippen LogP contribution in [0.2, 0.25) is 10.0 Å². The van der Waals surface area contributed by atoms with E-state index in [0.29, 0.717) is 58.3 Å². The average molecular weight is 824 g/mol. The number of hydrogen-bond acceptors (Lipinski definition) is 7. The SMILES string of the molecule is CSc1ncccc1C(=O)N[C@H]1CCC[C@@](O)(C#Cc2cccc(Cl)c2)C1.O=C(N[C@H]1CCC[C@@](O)(C#Cc2cccc(Cl)c2)C1)c1cnccc1C(F)(F)F. The number of aromatic nitrogens is 2. The molecule has 0 bridgehead atoms. The maximum absolute atomic E-state index is 13.1. The highest BCUT2D eigenvalue weighted by atomic mass is 35.5. The highest BCUT2D eigenvalue weighted by Gasteiger charge is 2.38. The molecule has 0 radical (unpaired) electrons. The molecule has 2 aromatic carbocycles. The second-order valence-corrected chi connectivity index (χ2v) is 15.3. The summed E-state index contributed by atoms with van der Waals surface area (Å²) in [4.78, 5) is 32.9. The van der Waals surface area contributed by atoms with Crippen molar-refractivity contribution < 1.29 is 33.0 Å². The van der Waals surface area contributed by atoms with Crippen LogP contribution < -0.4 is 10.6 Å². The molecule has 56 heavy (non-hydrogen) atoms. The first-order valence-corrected chi connectivity index (χ1v) is 19.8. The topological polar surface area (TPSA) is 124 Å². The minimum absolute atomic E-state index is 0.119. The number of nitrogens with one attached hydrogen (secondary N) is 2. The fourth-order valence-electron chi connectivity index (χ4n) is 6.56. The third-order valence-corrected chi connectivity index (χ3v) is 10.4. The first-order valence-electron chi connectivity index (χ1n) is 17.8. The number of amides is 2. The molecule has 4 aromatic rings. The summed E-state index contributed by atoms with van der Waals surface area (Å²) in [5.41, 5.74) is -2.08. The lowest BCUT2D eigenvalue weighted by atomic mass is 9.82. The lowest BCUT2D eigenvalue weighted by Crippen LogP contribution is -2.45. The van der Waals surface area contributed by atoms with Crippen molar-refractivity contribution in [3.63, 3.8) is 0 Å². The third kappa shape index (κ3) is 12.2. The molecule has 0 saturated heterocycles. The minimum atomic E-state index is -4.66. The van der Waals surface area contributed by atoms with Crippen molar-refractivity contribution in [3.05, 3.63) is 123 Å². The van der Waals surface area contributed by atoms with Gasteiger partial charge in [-0.2, -0.15) is 13.2 Å². The number of carbonyl (C=O) groups excluding carboxylic acids is 2. The fourth-order valence-corrected chi connectivity index (χ4v) is 7.49. The van der Waals surface area contributed by atoms with Crippen molar-refractivity contribution in [3.8, 4) is 23.7 Å². The summed E-state index contributed by atoms with van der Waals surface area (Å²) in [5, 5.41) is 29.1. The molecule has 4 N–H and O–H groups in total. The number of alkyl halides is 3. The summed E-state index contributed by atoms with van der Waals surface area (Å²) >= 11 is 13.3. The highest BCUT2D eigenvalue weighted by Crippen LogP contribution is 2.33. The number of carbonyl (C=O) groups is 2. The van der Waals surface area contributed by atoms with Gasteiger partial charge in [-0.25, -0.2) is 4.98 Å². The van der Waals surface area contributed by atoms with Crippen molar-refractivity contribution in [2.24, 2.45) is 0 Å². The smallest absolute Gasteiger partial charge is 0.378 e. The van der Waals surface area contributed by atoms with E-state index < -0.39 is 40.5 Å². The van der Waals surface area contributed by atoms with Crippen molar-refractivity contribution >= 4 is 46.8 Å². The van der Waals surface area contributed by atoms with Gasteiger partial charge in [-0.1, -0.05) is 59.0 Å². The summed E-state index contributed by atoms with van der Waals surface area (Å²) in [6.45, 7) is 0. The van der Waals surface area contributed by atoms with E-state index in [9.17, 15) is 33.0 Å². The molecular formula is C42H39Cl2F3N4O4S. The molecule has 14 heteroatoms. The summed E-state index contributed by atoms with van der Waals surface area (Å²) in [6.07, 6.45) is 5.05. The number of nitrogens with zero attached hydrogens (tertiary/aromatic N) is 2. The normalized spacial score (nSPS) is 21.8. The summed E-state index contributed by atoms with van der Waals surface area (Å²) in [6, 6.07) is 17.8. The van der Waals surface area contributed by atoms with E-state index >= 15 is 0 Å². The van der Waals surface area contributed by atoms with Gasteiger partial charge in [-0.05, 0) is 99.4 Å². The predicted octanol–water partition coefficient (Wildman–Crippen LogP) is 8.12. The van der Waals surface area contributed by atoms with E-state index in [4.69, 9.17) is 23.2 Å². The first kappa shape index (κ1) is 42.6. The highest BCUT2D eigenvalue weighted by molar-refractivity contribution is 7.98. The van der Waals surface area contributed by atoms with Gasteiger partial charge >= 0.3 is 6.18 Å². The maximum Gasteiger partial charge on any atom is 0.417 e. The van der Waals surface area contributed by atoms with E-state index in [1.165, 1.54) is 11.8 Å². The molecule has 2 fully saturated rings. The van der Waals surface area contributed by atoms with Gasteiger partial charge < -0.3 is 20.8 Å². The van der Waals surface area contributed by atoms with Crippen LogP contribution in [0, 0.1) is 23.7 Å². The van der Waals surface area contributed by atoms with Gasteiger partial charge in [0.15, 0.2) is 0 Å². The summed E-state index contributed by atoms with van der Waals surface area (Å²) in [7, 11) is 0. The Balaban J connectivity index is 0.000000215. The van der Waals surface area contributed by atoms with Crippen molar-refractivity contribution in [2.45, 2.75) is 85.9 Å². The summed E-state index contributed by atoms with van der Waals surface area (Å²) < 4.78 is 39.4. The van der Waals surface area contributed by atoms with Crippen molar-refractivity contribution in [2.75, 3.05) is 6.26 Å². The zero-order valence-corrected chi connectivity index (χ0v) is 32.6. The Morgan fingerprint density at radius 2 is 1.34 bits per heavy atom. The Labute approximate surface area is 338 Å². The molecule has 2 aliphatic rings. The van der Waals surface area contributed by atoms with Crippen LogP contribution in [0.15, 0.2) is 90.3 Å². The van der Waals surface area contributed by atoms with E-state index in [-0.39, 0.29) is 18.4 Å². The molecule has 0 aliphatic heterocycles. The number of hydrogen-bond donors (Lipinski definition) is 4. The Morgan fingerprint density at radius 3 is 1.84 bits per heavy atom. The number of halogens is 5. The van der Waals surface area contributed by atoms with Crippen LogP contribution in [-0.2, 0) is 6.18 Å². The van der Waals surface area contributed by atoms with Gasteiger partial charge in [-0.15, -0.1) is 11.8 Å². The van der Waals surface area contributed by atoms with Crippen LogP contribution in [0.1, 0.15) is 88.8 Å². The van der Waals surface area contributed by atoms with E-state index in [2.05, 4.69) is 44.3 Å². The molecule has 2 heterocycles. The maximum atomic E-state index is 13.1. The second-order valence-electron chi connectivity index (χ2n) is 13.6. The predicted molar refractivity (Wildman–Crippen MR) is 211 cm³/mol. The Hall–Kier alpha value is -4.56. The van der Waals surface area contributed by atoms with Crippen LogP contribution in [-0.4, -0.2) is 61.5 Å². The number of rotatable bonds is 5. The third-order valence-electron chi connectivity index (χ3n) is 9.23. The van der Waals surface area contributed by atoms with Crippen LogP contribution in [0.5, 0.6) is 0 Å². The fraction of sp³-hybridized carbons (Fsp3) is 0.333. The summed E-state index contributed by atoms with van der Waals surface area (Å²) in [5.74, 6) is 10.7. The Kier molecular flexibility index (Phi) is 14.5. The zero-order valence-electron chi connectivity index (χ0n) is 30.3. The van der Waals surface area contributed by atoms with Crippen LogP contribution in [0.3, 0.4) is 0 Å². The quantitative estimate of drug-likeness (QED) is 0.118. The van der Waals surface area contributed by atoms with E-state index in [0.717, 1.165) is 36.9 Å². The molecule has 6 rings (SSSR count). The van der Waals surface area contributed by atoms with Gasteiger partial charge in [0.1, 0.15) is 16.2 Å². The molecule has 4 atom stereocenters. The largest absolute Gasteiger partial charge is 0.417 e. The van der Waals surface area contributed by atoms with Crippen LogP contribution in [0.25, 0.3) is 0 Å². The minimum Gasteiger partial charge on any atom is -0.378 e. The van der Waals surface area contributed by atoms with Gasteiger partial charge in [0.25, 0.3) is 11.8 Å². The molecule has 2 saturated carbocycles. The van der Waals surface area contributed by atoms with Gasteiger partial charge in [-0.3, -0.25) is 14.6 Å². The van der Waals surface area contributed by atoms with Crippen LogP contribution >= 0.6 is 35.0 Å². The average Bonchev–Trinajstić information content (AvgIpc) is 3.16. The molecule has 2 aliphatic carbocycles. The zero-order chi connectivity index (χ0) is 40.3. The number of aliphatic hydroxyl groups is 2. The van der Waals surface area contributed by atoms with Crippen molar-refractivity contribution in [1.29, 1.82) is 0 Å². The Morgan fingerprint density at radius 1 is 0.804 bits per heavy atom. The van der Waals surface area contributed by atoms with Crippen molar-refractivity contribution in [1.82, 2.24) is 20.6 Å². The number of thioether (sulfide) groups is 1. The molecule has 0 spiro atoms.